The van der Waals surface area contributed by atoms with Crippen molar-refractivity contribution in [3.8, 4) is 0 Å². The van der Waals surface area contributed by atoms with E-state index in [2.05, 4.69) is 10.3 Å². The number of hydrogen-bond acceptors (Lipinski definition) is 6. The largest absolute Gasteiger partial charge is 0.369 e. The van der Waals surface area contributed by atoms with Gasteiger partial charge in [-0.2, -0.15) is 4.31 Å². The Kier molecular flexibility index (Phi) is 5.80. The number of anilines is 1. The standard InChI is InChI=1S/C16H17ClN4O4S2/c17-13-4-3-11(27(24,25)21-5-1-2-6-21)8-12(13)15(23)20-16-19-10(9-26-16)7-14(18)22/h3-4,8-9H,1-2,5-7H2,(H2,18,22)(H,19,20,23). The van der Waals surface area contributed by atoms with Crippen LogP contribution in [0.25, 0.3) is 0 Å². The third-order valence-corrected chi connectivity index (χ3v) is 7.04. The van der Waals surface area contributed by atoms with Gasteiger partial charge in [0.2, 0.25) is 15.9 Å². The van der Waals surface area contributed by atoms with Crippen LogP contribution in [0.2, 0.25) is 5.02 Å². The summed E-state index contributed by atoms with van der Waals surface area (Å²) >= 11 is 7.22. The molecule has 0 radical (unpaired) electrons. The van der Waals surface area contributed by atoms with Gasteiger partial charge in [0.1, 0.15) is 0 Å². The van der Waals surface area contributed by atoms with E-state index in [0.717, 1.165) is 24.2 Å². The van der Waals surface area contributed by atoms with Gasteiger partial charge in [0.25, 0.3) is 5.91 Å². The highest BCUT2D eigenvalue weighted by atomic mass is 35.5. The molecule has 1 aromatic heterocycles. The average Bonchev–Trinajstić information content (AvgIpc) is 3.27. The van der Waals surface area contributed by atoms with E-state index in [1.165, 1.54) is 22.5 Å². The number of aromatic nitrogens is 1. The molecular formula is C16H17ClN4O4S2. The molecule has 0 atom stereocenters. The van der Waals surface area contributed by atoms with Gasteiger partial charge in [0, 0.05) is 18.5 Å². The molecule has 0 spiro atoms. The first-order chi connectivity index (χ1) is 12.8. The monoisotopic (exact) mass is 428 g/mol. The van der Waals surface area contributed by atoms with Crippen molar-refractivity contribution in [2.45, 2.75) is 24.2 Å². The van der Waals surface area contributed by atoms with Crippen LogP contribution >= 0.6 is 22.9 Å². The van der Waals surface area contributed by atoms with Crippen LogP contribution in [0, 0.1) is 0 Å². The zero-order valence-electron chi connectivity index (χ0n) is 14.1. The van der Waals surface area contributed by atoms with Crippen molar-refractivity contribution in [2.24, 2.45) is 5.73 Å². The average molecular weight is 429 g/mol. The molecule has 1 fully saturated rings. The number of nitrogens with zero attached hydrogens (tertiary/aromatic N) is 2. The van der Waals surface area contributed by atoms with E-state index in [1.807, 2.05) is 0 Å². The van der Waals surface area contributed by atoms with Crippen LogP contribution in [0.5, 0.6) is 0 Å². The Hall–Kier alpha value is -2.01. The number of hydrogen-bond donors (Lipinski definition) is 2. The zero-order valence-corrected chi connectivity index (χ0v) is 16.5. The highest BCUT2D eigenvalue weighted by molar-refractivity contribution is 7.89. The number of carbonyl (C=O) groups is 2. The molecule has 3 rings (SSSR count). The molecule has 1 aliphatic rings. The minimum Gasteiger partial charge on any atom is -0.369 e. The minimum atomic E-state index is -3.66. The quantitative estimate of drug-likeness (QED) is 0.726. The first-order valence-corrected chi connectivity index (χ1v) is 10.8. The first kappa shape index (κ1) is 19.7. The van der Waals surface area contributed by atoms with Gasteiger partial charge in [-0.1, -0.05) is 11.6 Å². The Morgan fingerprint density at radius 2 is 2.00 bits per heavy atom. The van der Waals surface area contributed by atoms with Crippen LogP contribution in [-0.2, 0) is 21.2 Å². The Labute approximate surface area is 165 Å². The fourth-order valence-corrected chi connectivity index (χ4v) is 5.16. The lowest BCUT2D eigenvalue weighted by atomic mass is 10.2. The van der Waals surface area contributed by atoms with Gasteiger partial charge in [-0.05, 0) is 31.0 Å². The highest BCUT2D eigenvalue weighted by Gasteiger charge is 2.28. The Morgan fingerprint density at radius 3 is 2.67 bits per heavy atom. The molecule has 8 nitrogen and oxygen atoms in total. The molecule has 0 saturated carbocycles. The van der Waals surface area contributed by atoms with Crippen LogP contribution in [0.15, 0.2) is 28.5 Å². The molecule has 11 heteroatoms. The second-order valence-electron chi connectivity index (χ2n) is 5.99. The topological polar surface area (TPSA) is 122 Å². The molecular weight excluding hydrogens is 412 g/mol. The van der Waals surface area contributed by atoms with Crippen LogP contribution in [0.3, 0.4) is 0 Å². The molecule has 1 saturated heterocycles. The van der Waals surface area contributed by atoms with E-state index in [1.54, 1.807) is 5.38 Å². The van der Waals surface area contributed by atoms with Crippen molar-refractivity contribution < 1.29 is 18.0 Å². The lowest BCUT2D eigenvalue weighted by Crippen LogP contribution is -2.28. The number of sulfonamides is 1. The summed E-state index contributed by atoms with van der Waals surface area (Å²) in [7, 11) is -3.66. The highest BCUT2D eigenvalue weighted by Crippen LogP contribution is 2.26. The van der Waals surface area contributed by atoms with Gasteiger partial charge in [0.15, 0.2) is 5.13 Å². The van der Waals surface area contributed by atoms with E-state index in [9.17, 15) is 18.0 Å². The van der Waals surface area contributed by atoms with Gasteiger partial charge in [-0.15, -0.1) is 11.3 Å². The summed E-state index contributed by atoms with van der Waals surface area (Å²) in [6, 6.07) is 4.05. The molecule has 144 valence electrons. The third kappa shape index (κ3) is 4.46. The number of halogens is 1. The summed E-state index contributed by atoms with van der Waals surface area (Å²) in [4.78, 5) is 27.6. The lowest BCUT2D eigenvalue weighted by Gasteiger charge is -2.16. The van der Waals surface area contributed by atoms with Crippen LogP contribution < -0.4 is 11.1 Å². The number of thiazole rings is 1. The summed E-state index contributed by atoms with van der Waals surface area (Å²) in [5.74, 6) is -1.11. The van der Waals surface area contributed by atoms with Crippen molar-refractivity contribution in [1.29, 1.82) is 0 Å². The van der Waals surface area contributed by atoms with E-state index in [0.29, 0.717) is 18.8 Å². The minimum absolute atomic E-state index is 0.0208. The third-order valence-electron chi connectivity index (χ3n) is 4.01. The number of primary amides is 1. The summed E-state index contributed by atoms with van der Waals surface area (Å²) in [5, 5.41) is 4.56. The molecule has 3 N–H and O–H groups in total. The SMILES string of the molecule is NC(=O)Cc1csc(NC(=O)c2cc(S(=O)(=O)N3CCCC3)ccc2Cl)n1. The maximum atomic E-state index is 12.7. The van der Waals surface area contributed by atoms with Gasteiger partial charge in [-0.3, -0.25) is 14.9 Å². The predicted octanol–water partition coefficient (Wildman–Crippen LogP) is 1.86. The second kappa shape index (κ2) is 7.93. The lowest BCUT2D eigenvalue weighted by molar-refractivity contribution is -0.117. The molecule has 0 bridgehead atoms. The first-order valence-electron chi connectivity index (χ1n) is 8.11. The van der Waals surface area contributed by atoms with E-state index in [4.69, 9.17) is 17.3 Å². The molecule has 2 aromatic rings. The van der Waals surface area contributed by atoms with Crippen molar-refractivity contribution in [2.75, 3.05) is 18.4 Å². The van der Waals surface area contributed by atoms with Gasteiger partial charge < -0.3 is 5.73 Å². The van der Waals surface area contributed by atoms with Crippen molar-refractivity contribution in [1.82, 2.24) is 9.29 Å². The fourth-order valence-electron chi connectivity index (χ4n) is 2.70. The van der Waals surface area contributed by atoms with Crippen LogP contribution in [0.4, 0.5) is 5.13 Å². The van der Waals surface area contributed by atoms with Crippen molar-refractivity contribution in [3.63, 3.8) is 0 Å². The van der Waals surface area contributed by atoms with E-state index in [-0.39, 0.29) is 27.0 Å². The van der Waals surface area contributed by atoms with E-state index >= 15 is 0 Å². The molecule has 1 aromatic carbocycles. The molecule has 2 heterocycles. The normalized spacial score (nSPS) is 15.0. The number of carbonyl (C=O) groups excluding carboxylic acids is 2. The number of amides is 2. The maximum Gasteiger partial charge on any atom is 0.259 e. The Balaban J connectivity index is 1.82. The van der Waals surface area contributed by atoms with Crippen LogP contribution in [-0.4, -0.2) is 42.6 Å². The summed E-state index contributed by atoms with van der Waals surface area (Å²) in [6.45, 7) is 0.933. The number of nitrogens with one attached hydrogen (secondary N) is 1. The van der Waals surface area contributed by atoms with Gasteiger partial charge in [0.05, 0.1) is 27.6 Å². The summed E-state index contributed by atoms with van der Waals surface area (Å²) in [6.07, 6.45) is 1.60. The Morgan fingerprint density at radius 1 is 1.30 bits per heavy atom. The summed E-state index contributed by atoms with van der Waals surface area (Å²) in [5.41, 5.74) is 5.59. The van der Waals surface area contributed by atoms with Gasteiger partial charge in [-0.25, -0.2) is 13.4 Å². The molecule has 1 aliphatic heterocycles. The summed E-state index contributed by atoms with van der Waals surface area (Å²) < 4.78 is 26.8. The fraction of sp³-hybridized carbons (Fsp3) is 0.312. The molecule has 2 amide bonds. The smallest absolute Gasteiger partial charge is 0.259 e. The molecule has 0 aliphatic carbocycles. The number of rotatable bonds is 6. The molecule has 0 unspecified atom stereocenters. The maximum absolute atomic E-state index is 12.7. The van der Waals surface area contributed by atoms with Crippen molar-refractivity contribution in [3.05, 3.63) is 39.9 Å². The predicted molar refractivity (Wildman–Crippen MR) is 102 cm³/mol. The molecule has 27 heavy (non-hydrogen) atoms. The zero-order chi connectivity index (χ0) is 19.6. The van der Waals surface area contributed by atoms with Crippen molar-refractivity contribution >= 4 is 49.9 Å². The number of nitrogens with two attached hydrogens (primary N) is 1. The number of benzene rings is 1. The Bertz CT molecular complexity index is 984. The second-order valence-corrected chi connectivity index (χ2v) is 9.20. The van der Waals surface area contributed by atoms with Gasteiger partial charge >= 0.3 is 0 Å². The van der Waals surface area contributed by atoms with Crippen LogP contribution in [0.1, 0.15) is 28.9 Å². The van der Waals surface area contributed by atoms with E-state index < -0.39 is 21.8 Å².